The molecule has 1 saturated heterocycles. The minimum atomic E-state index is 0. The second-order valence-corrected chi connectivity index (χ2v) is 6.97. The van der Waals surface area contributed by atoms with Crippen molar-refractivity contribution in [1.29, 1.82) is 0 Å². The van der Waals surface area contributed by atoms with Crippen LogP contribution >= 0.6 is 12.4 Å². The third-order valence-electron chi connectivity index (χ3n) is 5.03. The van der Waals surface area contributed by atoms with Crippen LogP contribution in [0.1, 0.15) is 42.5 Å². The van der Waals surface area contributed by atoms with Crippen molar-refractivity contribution < 1.29 is 9.59 Å². The highest BCUT2D eigenvalue weighted by molar-refractivity contribution is 5.98. The minimum absolute atomic E-state index is 0. The van der Waals surface area contributed by atoms with Gasteiger partial charge in [-0.2, -0.15) is 0 Å². The van der Waals surface area contributed by atoms with E-state index < -0.39 is 0 Å². The molecule has 0 atom stereocenters. The second-order valence-electron chi connectivity index (χ2n) is 6.97. The molecule has 0 aromatic heterocycles. The summed E-state index contributed by atoms with van der Waals surface area (Å²) in [5.41, 5.74) is 1.39. The third kappa shape index (κ3) is 5.44. The second kappa shape index (κ2) is 9.20. The number of nitrogens with one attached hydrogen (secondary N) is 2. The maximum Gasteiger partial charge on any atom is 0.253 e. The number of hydrogen-bond acceptors (Lipinski definition) is 3. The lowest BCUT2D eigenvalue weighted by molar-refractivity contribution is -0.117. The van der Waals surface area contributed by atoms with Crippen LogP contribution in [0.2, 0.25) is 0 Å². The summed E-state index contributed by atoms with van der Waals surface area (Å²) in [5, 5.41) is 6.11. The lowest BCUT2D eigenvalue weighted by Crippen LogP contribution is -2.39. The molecule has 0 radical (unpaired) electrons. The summed E-state index contributed by atoms with van der Waals surface area (Å²) in [7, 11) is 1.98. The Morgan fingerprint density at radius 1 is 1.16 bits per heavy atom. The van der Waals surface area contributed by atoms with Crippen LogP contribution < -0.4 is 10.6 Å². The zero-order valence-electron chi connectivity index (χ0n) is 14.8. The van der Waals surface area contributed by atoms with Crippen molar-refractivity contribution in [2.75, 3.05) is 32.0 Å². The van der Waals surface area contributed by atoms with E-state index in [9.17, 15) is 9.59 Å². The summed E-state index contributed by atoms with van der Waals surface area (Å²) >= 11 is 0. The maximum atomic E-state index is 12.7. The summed E-state index contributed by atoms with van der Waals surface area (Å²) in [6.07, 6.45) is 5.29. The molecule has 1 aliphatic carbocycles. The van der Waals surface area contributed by atoms with E-state index in [4.69, 9.17) is 0 Å². The van der Waals surface area contributed by atoms with Gasteiger partial charge in [0.25, 0.3) is 5.91 Å². The van der Waals surface area contributed by atoms with Crippen LogP contribution in [0.5, 0.6) is 0 Å². The normalized spacial score (nSPS) is 17.7. The van der Waals surface area contributed by atoms with E-state index in [0.717, 1.165) is 51.0 Å². The van der Waals surface area contributed by atoms with Crippen molar-refractivity contribution in [3.8, 4) is 0 Å². The molecular weight excluding hydrogens is 338 g/mol. The highest BCUT2D eigenvalue weighted by Crippen LogP contribution is 2.30. The van der Waals surface area contributed by atoms with Gasteiger partial charge in [-0.05, 0) is 69.8 Å². The standard InChI is InChI=1S/C19H27N3O2.ClH/c1-20-10-7-14-8-11-22(12-9-14)19(24)16-3-2-4-17(13-16)21-18(23)15-5-6-15;/h2-4,13-15,20H,5-12H2,1H3,(H,21,23);1H. The topological polar surface area (TPSA) is 61.4 Å². The summed E-state index contributed by atoms with van der Waals surface area (Å²) in [6.45, 7) is 2.69. The molecule has 1 saturated carbocycles. The molecule has 0 unspecified atom stereocenters. The van der Waals surface area contributed by atoms with Crippen molar-refractivity contribution in [2.24, 2.45) is 11.8 Å². The Hall–Kier alpha value is -1.59. The Bertz CT molecular complexity index is 596. The van der Waals surface area contributed by atoms with Gasteiger partial charge in [-0.3, -0.25) is 9.59 Å². The zero-order chi connectivity index (χ0) is 16.9. The summed E-state index contributed by atoms with van der Waals surface area (Å²) in [5.74, 6) is 1.03. The van der Waals surface area contributed by atoms with Gasteiger partial charge >= 0.3 is 0 Å². The number of piperidine rings is 1. The number of carbonyl (C=O) groups is 2. The van der Waals surface area contributed by atoms with Crippen LogP contribution in [0.4, 0.5) is 5.69 Å². The SMILES string of the molecule is CNCCC1CCN(C(=O)c2cccc(NC(=O)C3CC3)c2)CC1.Cl. The highest BCUT2D eigenvalue weighted by Gasteiger charge is 2.29. The molecule has 25 heavy (non-hydrogen) atoms. The summed E-state index contributed by atoms with van der Waals surface area (Å²) in [4.78, 5) is 26.5. The Balaban J connectivity index is 0.00000225. The van der Waals surface area contributed by atoms with Crippen LogP contribution in [0, 0.1) is 11.8 Å². The lowest BCUT2D eigenvalue weighted by atomic mass is 9.93. The van der Waals surface area contributed by atoms with Gasteiger partial charge in [0.2, 0.25) is 5.91 Å². The molecule has 2 amide bonds. The van der Waals surface area contributed by atoms with E-state index in [2.05, 4.69) is 10.6 Å². The first-order valence-corrected chi connectivity index (χ1v) is 9.02. The first-order valence-electron chi connectivity index (χ1n) is 9.02. The Morgan fingerprint density at radius 2 is 1.88 bits per heavy atom. The van der Waals surface area contributed by atoms with Crippen molar-refractivity contribution in [2.45, 2.75) is 32.1 Å². The number of rotatable bonds is 6. The molecule has 3 rings (SSSR count). The van der Waals surface area contributed by atoms with Crippen LogP contribution in [0.3, 0.4) is 0 Å². The molecule has 1 aromatic carbocycles. The molecule has 138 valence electrons. The van der Waals surface area contributed by atoms with Crippen molar-refractivity contribution >= 4 is 29.9 Å². The van der Waals surface area contributed by atoms with Crippen molar-refractivity contribution in [1.82, 2.24) is 10.2 Å². The number of anilines is 1. The fraction of sp³-hybridized carbons (Fsp3) is 0.579. The van der Waals surface area contributed by atoms with E-state index >= 15 is 0 Å². The molecular formula is C19H28ClN3O2. The quantitative estimate of drug-likeness (QED) is 0.814. The van der Waals surface area contributed by atoms with E-state index in [1.807, 2.05) is 30.1 Å². The first-order chi connectivity index (χ1) is 11.7. The predicted molar refractivity (Wildman–Crippen MR) is 102 cm³/mol. The van der Waals surface area contributed by atoms with Crippen LogP contribution in [-0.4, -0.2) is 43.4 Å². The van der Waals surface area contributed by atoms with E-state index in [1.54, 1.807) is 6.07 Å². The maximum absolute atomic E-state index is 12.7. The number of hydrogen-bond donors (Lipinski definition) is 2. The van der Waals surface area contributed by atoms with Crippen molar-refractivity contribution in [3.63, 3.8) is 0 Å². The van der Waals surface area contributed by atoms with Crippen LogP contribution in [0.15, 0.2) is 24.3 Å². The largest absolute Gasteiger partial charge is 0.339 e. The van der Waals surface area contributed by atoms with Crippen molar-refractivity contribution in [3.05, 3.63) is 29.8 Å². The molecule has 1 aliphatic heterocycles. The number of amides is 2. The molecule has 5 nitrogen and oxygen atoms in total. The molecule has 0 bridgehead atoms. The summed E-state index contributed by atoms with van der Waals surface area (Å²) < 4.78 is 0. The summed E-state index contributed by atoms with van der Waals surface area (Å²) in [6, 6.07) is 7.33. The highest BCUT2D eigenvalue weighted by atomic mass is 35.5. The average molecular weight is 366 g/mol. The predicted octanol–water partition coefficient (Wildman–Crippen LogP) is 2.92. The van der Waals surface area contributed by atoms with E-state index in [0.29, 0.717) is 11.5 Å². The average Bonchev–Trinajstić information content (AvgIpc) is 3.45. The van der Waals surface area contributed by atoms with Crippen LogP contribution in [-0.2, 0) is 4.79 Å². The van der Waals surface area contributed by atoms with Gasteiger partial charge in [0.15, 0.2) is 0 Å². The smallest absolute Gasteiger partial charge is 0.253 e. The molecule has 2 aliphatic rings. The molecule has 1 aromatic rings. The van der Waals surface area contributed by atoms with Gasteiger partial charge in [-0.25, -0.2) is 0 Å². The minimum Gasteiger partial charge on any atom is -0.339 e. The Labute approximate surface area is 155 Å². The monoisotopic (exact) mass is 365 g/mol. The van der Waals surface area contributed by atoms with Gasteiger partial charge in [-0.1, -0.05) is 6.07 Å². The first kappa shape index (κ1) is 19.7. The molecule has 0 spiro atoms. The Morgan fingerprint density at radius 3 is 2.52 bits per heavy atom. The fourth-order valence-corrected chi connectivity index (χ4v) is 3.28. The molecule has 1 heterocycles. The number of carbonyl (C=O) groups excluding carboxylic acids is 2. The van der Waals surface area contributed by atoms with Gasteiger partial charge in [0.1, 0.15) is 0 Å². The van der Waals surface area contributed by atoms with Crippen LogP contribution in [0.25, 0.3) is 0 Å². The Kier molecular flexibility index (Phi) is 7.26. The number of nitrogens with zero attached hydrogens (tertiary/aromatic N) is 1. The van der Waals surface area contributed by atoms with Gasteiger partial charge in [0.05, 0.1) is 0 Å². The van der Waals surface area contributed by atoms with Gasteiger partial charge in [-0.15, -0.1) is 12.4 Å². The molecule has 6 heteroatoms. The number of benzene rings is 1. The third-order valence-corrected chi connectivity index (χ3v) is 5.03. The fourth-order valence-electron chi connectivity index (χ4n) is 3.28. The number of halogens is 1. The number of likely N-dealkylation sites (tertiary alicyclic amines) is 1. The molecule has 2 fully saturated rings. The van der Waals surface area contributed by atoms with Gasteiger partial charge in [0, 0.05) is 30.3 Å². The lowest BCUT2D eigenvalue weighted by Gasteiger charge is -2.32. The zero-order valence-corrected chi connectivity index (χ0v) is 15.6. The molecule has 2 N–H and O–H groups in total. The van der Waals surface area contributed by atoms with E-state index in [1.165, 1.54) is 6.42 Å². The van der Waals surface area contributed by atoms with E-state index in [-0.39, 0.29) is 30.1 Å². The van der Waals surface area contributed by atoms with Gasteiger partial charge < -0.3 is 15.5 Å².